The molecule has 4 unspecified atom stereocenters. The number of guanidine groups is 1. The fraction of sp³-hybridized carbons (Fsp3) is 0.333. The van der Waals surface area contributed by atoms with Crippen LogP contribution < -0.4 is 33.2 Å². The van der Waals surface area contributed by atoms with Crippen molar-refractivity contribution in [2.24, 2.45) is 22.2 Å². The smallest absolute Gasteiger partial charge is 0.326 e. The van der Waals surface area contributed by atoms with E-state index in [1.54, 1.807) is 42.5 Å². The average Bonchev–Trinajstić information content (AvgIpc) is 3.52. The number of carboxylic acid groups (broad SMARTS) is 1. The molecule has 1 aromatic heterocycles. The molecule has 12 N–H and O–H groups in total. The second-order valence-corrected chi connectivity index (χ2v) is 10.4. The lowest BCUT2D eigenvalue weighted by Gasteiger charge is -2.25. The van der Waals surface area contributed by atoms with Crippen LogP contribution in [0.1, 0.15) is 29.7 Å². The Labute approximate surface area is 259 Å². The number of aliphatic carboxylic acids is 1. The van der Waals surface area contributed by atoms with E-state index in [2.05, 4.69) is 30.9 Å². The lowest BCUT2D eigenvalue weighted by atomic mass is 10.0. The number of H-pyrrole nitrogens is 1. The van der Waals surface area contributed by atoms with Crippen LogP contribution in [-0.2, 0) is 38.4 Å². The maximum atomic E-state index is 13.7. The number of aromatic amines is 1. The van der Waals surface area contributed by atoms with Crippen LogP contribution in [0.4, 0.5) is 0 Å². The summed E-state index contributed by atoms with van der Waals surface area (Å²) < 4.78 is 0. The molecule has 3 aromatic rings. The number of benzene rings is 2. The first-order valence-corrected chi connectivity index (χ1v) is 14.3. The van der Waals surface area contributed by atoms with E-state index >= 15 is 0 Å². The van der Waals surface area contributed by atoms with E-state index in [1.165, 1.54) is 24.7 Å². The van der Waals surface area contributed by atoms with Gasteiger partial charge in [-0.25, -0.2) is 9.78 Å². The molecule has 0 radical (unpaired) electrons. The predicted octanol–water partition coefficient (Wildman–Crippen LogP) is -0.937. The van der Waals surface area contributed by atoms with Crippen molar-refractivity contribution < 1.29 is 29.4 Å². The summed E-state index contributed by atoms with van der Waals surface area (Å²) in [4.78, 5) is 62.8. The van der Waals surface area contributed by atoms with E-state index in [0.717, 1.165) is 0 Å². The topological polar surface area (TPSA) is 264 Å². The van der Waals surface area contributed by atoms with Crippen molar-refractivity contribution in [3.8, 4) is 5.75 Å². The number of carbonyl (C=O) groups is 4. The summed E-state index contributed by atoms with van der Waals surface area (Å²) in [5.41, 5.74) is 18.7. The van der Waals surface area contributed by atoms with Crippen LogP contribution in [0.5, 0.6) is 5.75 Å². The minimum absolute atomic E-state index is 0.0108. The van der Waals surface area contributed by atoms with Gasteiger partial charge in [0.15, 0.2) is 5.96 Å². The number of hydrogen-bond acceptors (Lipinski definition) is 8. The number of aliphatic imine (C=N–C) groups is 1. The van der Waals surface area contributed by atoms with Crippen LogP contribution in [-0.4, -0.2) is 80.5 Å². The fourth-order valence-electron chi connectivity index (χ4n) is 4.45. The number of nitrogens with two attached hydrogens (primary N) is 3. The van der Waals surface area contributed by atoms with Crippen LogP contribution in [0, 0.1) is 0 Å². The summed E-state index contributed by atoms with van der Waals surface area (Å²) in [6, 6.07) is 10.3. The molecule has 3 amide bonds. The van der Waals surface area contributed by atoms with Gasteiger partial charge in [0.2, 0.25) is 17.7 Å². The Kier molecular flexibility index (Phi) is 12.9. The molecule has 0 fully saturated rings. The average molecular weight is 622 g/mol. The lowest BCUT2D eigenvalue weighted by molar-refractivity contribution is -0.142. The summed E-state index contributed by atoms with van der Waals surface area (Å²) in [5, 5.41) is 27.3. The van der Waals surface area contributed by atoms with E-state index in [0.29, 0.717) is 16.8 Å². The largest absolute Gasteiger partial charge is 0.508 e. The highest BCUT2D eigenvalue weighted by Gasteiger charge is 2.31. The van der Waals surface area contributed by atoms with Crippen molar-refractivity contribution in [1.29, 1.82) is 0 Å². The van der Waals surface area contributed by atoms with Gasteiger partial charge < -0.3 is 48.3 Å². The van der Waals surface area contributed by atoms with Gasteiger partial charge in [-0.1, -0.05) is 42.5 Å². The fourth-order valence-corrected chi connectivity index (χ4v) is 4.45. The summed E-state index contributed by atoms with van der Waals surface area (Å²) in [5.74, 6) is -3.40. The highest BCUT2D eigenvalue weighted by Crippen LogP contribution is 2.13. The zero-order chi connectivity index (χ0) is 32.8. The lowest BCUT2D eigenvalue weighted by Crippen LogP contribution is -2.58. The molecule has 240 valence electrons. The van der Waals surface area contributed by atoms with Crippen molar-refractivity contribution in [3.05, 3.63) is 83.9 Å². The Morgan fingerprint density at radius 2 is 1.40 bits per heavy atom. The van der Waals surface area contributed by atoms with Crippen LogP contribution >= 0.6 is 0 Å². The summed E-state index contributed by atoms with van der Waals surface area (Å²) in [6.45, 7) is 0.174. The SMILES string of the molecule is NC(N)=NCCCC(NC(=O)C(Cc1ccccc1)NC(=O)C(Cc1ccc(O)cc1)NC(=O)C(N)Cc1cnc[nH]1)C(=O)O. The highest BCUT2D eigenvalue weighted by molar-refractivity contribution is 5.94. The summed E-state index contributed by atoms with van der Waals surface area (Å²) in [7, 11) is 0. The van der Waals surface area contributed by atoms with E-state index < -0.39 is 47.9 Å². The first-order valence-electron chi connectivity index (χ1n) is 14.3. The minimum Gasteiger partial charge on any atom is -0.508 e. The number of aromatic hydroxyl groups is 1. The van der Waals surface area contributed by atoms with Crippen molar-refractivity contribution >= 4 is 29.7 Å². The number of aromatic nitrogens is 2. The van der Waals surface area contributed by atoms with Gasteiger partial charge in [-0.3, -0.25) is 19.4 Å². The van der Waals surface area contributed by atoms with E-state index in [1.807, 2.05) is 0 Å². The first-order chi connectivity index (χ1) is 21.5. The van der Waals surface area contributed by atoms with E-state index in [-0.39, 0.29) is 50.4 Å². The van der Waals surface area contributed by atoms with Crippen LogP contribution in [0.25, 0.3) is 0 Å². The van der Waals surface area contributed by atoms with Gasteiger partial charge in [0.1, 0.15) is 23.9 Å². The minimum atomic E-state index is -1.27. The van der Waals surface area contributed by atoms with Gasteiger partial charge in [-0.15, -0.1) is 0 Å². The van der Waals surface area contributed by atoms with Gasteiger partial charge in [0.05, 0.1) is 12.4 Å². The molecule has 0 spiro atoms. The number of hydrogen-bond donors (Lipinski definition) is 9. The Hall–Kier alpha value is -5.44. The maximum Gasteiger partial charge on any atom is 0.326 e. The Morgan fingerprint density at radius 1 is 0.822 bits per heavy atom. The van der Waals surface area contributed by atoms with Crippen molar-refractivity contribution in [2.45, 2.75) is 56.3 Å². The Bertz CT molecular complexity index is 1430. The van der Waals surface area contributed by atoms with Gasteiger partial charge in [-0.2, -0.15) is 0 Å². The van der Waals surface area contributed by atoms with Crippen molar-refractivity contribution in [2.75, 3.05) is 6.54 Å². The number of phenols is 1. The third-order valence-electron chi connectivity index (χ3n) is 6.82. The van der Waals surface area contributed by atoms with Crippen LogP contribution in [0.3, 0.4) is 0 Å². The van der Waals surface area contributed by atoms with Gasteiger partial charge in [-0.05, 0) is 36.1 Å². The van der Waals surface area contributed by atoms with Gasteiger partial charge >= 0.3 is 5.97 Å². The molecule has 3 rings (SSSR count). The normalized spacial score (nSPS) is 13.4. The predicted molar refractivity (Wildman–Crippen MR) is 166 cm³/mol. The number of phenolic OH excluding ortho intramolecular Hbond substituents is 1. The molecule has 45 heavy (non-hydrogen) atoms. The number of nitrogens with one attached hydrogen (secondary N) is 4. The Morgan fingerprint density at radius 3 is 1.96 bits per heavy atom. The molecular formula is C30H39N9O6. The molecule has 2 aromatic carbocycles. The zero-order valence-corrected chi connectivity index (χ0v) is 24.6. The molecule has 15 nitrogen and oxygen atoms in total. The molecule has 15 heteroatoms. The van der Waals surface area contributed by atoms with Crippen LogP contribution in [0.15, 0.2) is 72.1 Å². The van der Waals surface area contributed by atoms with E-state index in [4.69, 9.17) is 17.2 Å². The summed E-state index contributed by atoms with van der Waals surface area (Å²) >= 11 is 0. The summed E-state index contributed by atoms with van der Waals surface area (Å²) in [6.07, 6.45) is 3.50. The maximum absolute atomic E-state index is 13.7. The van der Waals surface area contributed by atoms with Crippen molar-refractivity contribution in [1.82, 2.24) is 25.9 Å². The molecule has 0 aliphatic carbocycles. The third-order valence-corrected chi connectivity index (χ3v) is 6.82. The Balaban J connectivity index is 1.80. The number of carboxylic acids is 1. The highest BCUT2D eigenvalue weighted by atomic mass is 16.4. The molecule has 0 saturated carbocycles. The standard InChI is InChI=1S/C30H39N9O6/c31-22(15-20-16-34-17-36-20)26(41)38-24(14-19-8-10-21(40)11-9-19)28(43)39-25(13-18-5-2-1-3-6-18)27(42)37-23(29(44)45)7-4-12-35-30(32)33/h1-3,5-6,8-11,16-17,22-25,40H,4,7,12-15,31H2,(H,34,36)(H,37,42)(H,38,41)(H,39,43)(H,44,45)(H4,32,33,35). The number of rotatable bonds is 17. The van der Waals surface area contributed by atoms with Crippen molar-refractivity contribution in [3.63, 3.8) is 0 Å². The molecule has 0 saturated heterocycles. The van der Waals surface area contributed by atoms with Gasteiger partial charge in [0.25, 0.3) is 0 Å². The molecule has 4 atom stereocenters. The third kappa shape index (κ3) is 11.6. The first kappa shape index (κ1) is 34.1. The quantitative estimate of drug-likeness (QED) is 0.0507. The number of imidazole rings is 1. The molecular weight excluding hydrogens is 582 g/mol. The number of carbonyl (C=O) groups excluding carboxylic acids is 3. The molecule has 1 heterocycles. The van der Waals surface area contributed by atoms with Crippen LogP contribution in [0.2, 0.25) is 0 Å². The van der Waals surface area contributed by atoms with E-state index in [9.17, 15) is 29.4 Å². The molecule has 0 aliphatic rings. The van der Waals surface area contributed by atoms with Gasteiger partial charge in [0, 0.05) is 37.7 Å². The zero-order valence-electron chi connectivity index (χ0n) is 24.6. The second kappa shape index (κ2) is 17.0. The second-order valence-electron chi connectivity index (χ2n) is 10.4. The number of amides is 3. The molecule has 0 bridgehead atoms. The monoisotopic (exact) mass is 621 g/mol. The number of nitrogens with zero attached hydrogens (tertiary/aromatic N) is 2. The molecule has 0 aliphatic heterocycles.